The van der Waals surface area contributed by atoms with E-state index in [1.54, 1.807) is 5.56 Å². The molecule has 0 nitrogen and oxygen atoms in total. The summed E-state index contributed by atoms with van der Waals surface area (Å²) in [5.74, 6) is 0.863. The van der Waals surface area contributed by atoms with Crippen LogP contribution < -0.4 is 0 Å². The van der Waals surface area contributed by atoms with Gasteiger partial charge in [-0.2, -0.15) is 0 Å². The number of rotatable bonds is 1. The molecule has 0 atom stereocenters. The molecule has 1 fully saturated rings. The minimum absolute atomic E-state index is 0.863. The van der Waals surface area contributed by atoms with Crippen LogP contribution in [0.1, 0.15) is 37.2 Å². The first kappa shape index (κ1) is 8.54. The summed E-state index contributed by atoms with van der Waals surface area (Å²) in [5.41, 5.74) is 1.55. The molecule has 0 heterocycles. The van der Waals surface area contributed by atoms with Crippen molar-refractivity contribution in [1.82, 2.24) is 0 Å². The largest absolute Gasteiger partial charge is 0.0577 e. The molecule has 0 radical (unpaired) electrons. The summed E-state index contributed by atoms with van der Waals surface area (Å²) in [7, 11) is 0. The van der Waals surface area contributed by atoms with Crippen molar-refractivity contribution in [2.75, 3.05) is 0 Å². The van der Waals surface area contributed by atoms with Crippen LogP contribution in [0.25, 0.3) is 0 Å². The van der Waals surface area contributed by atoms with Gasteiger partial charge >= 0.3 is 0 Å². The van der Waals surface area contributed by atoms with Crippen molar-refractivity contribution in [1.29, 1.82) is 0 Å². The molecule has 0 saturated heterocycles. The van der Waals surface area contributed by atoms with Crippen LogP contribution in [0.4, 0.5) is 0 Å². The predicted octanol–water partition coefficient (Wildman–Crippen LogP) is 3.95. The lowest BCUT2D eigenvalue weighted by Crippen LogP contribution is -1.90. The Labute approximate surface area is 87.5 Å². The van der Waals surface area contributed by atoms with Crippen molar-refractivity contribution < 1.29 is 0 Å². The lowest BCUT2D eigenvalue weighted by molar-refractivity contribution is 0.723. The summed E-state index contributed by atoms with van der Waals surface area (Å²) < 4.78 is 1.34. The van der Waals surface area contributed by atoms with Crippen molar-refractivity contribution in [3.8, 4) is 0 Å². The maximum atomic E-state index is 2.36. The van der Waals surface area contributed by atoms with Gasteiger partial charge in [-0.3, -0.25) is 0 Å². The molecule has 0 spiro atoms. The maximum absolute atomic E-state index is 2.36. The van der Waals surface area contributed by atoms with Crippen LogP contribution in [0, 0.1) is 3.57 Å². The van der Waals surface area contributed by atoms with Crippen LogP contribution in [-0.4, -0.2) is 0 Å². The Morgan fingerprint density at radius 3 is 2.17 bits per heavy atom. The van der Waals surface area contributed by atoms with E-state index in [9.17, 15) is 0 Å². The molecule has 0 aliphatic heterocycles. The number of hydrogen-bond donors (Lipinski definition) is 0. The van der Waals surface area contributed by atoms with Crippen molar-refractivity contribution in [3.05, 3.63) is 33.4 Å². The monoisotopic (exact) mass is 272 g/mol. The molecule has 0 bridgehead atoms. The second kappa shape index (κ2) is 3.77. The van der Waals surface area contributed by atoms with E-state index in [2.05, 4.69) is 46.9 Å². The second-order valence-electron chi connectivity index (χ2n) is 3.53. The van der Waals surface area contributed by atoms with Gasteiger partial charge in [0.15, 0.2) is 0 Å². The number of halogens is 1. The topological polar surface area (TPSA) is 0 Å². The molecule has 1 saturated carbocycles. The van der Waals surface area contributed by atoms with Crippen LogP contribution in [0.15, 0.2) is 24.3 Å². The Bertz CT molecular complexity index is 244. The first-order valence-electron chi connectivity index (χ1n) is 4.62. The van der Waals surface area contributed by atoms with Gasteiger partial charge in [0.2, 0.25) is 0 Å². The zero-order valence-electron chi connectivity index (χ0n) is 7.09. The highest BCUT2D eigenvalue weighted by molar-refractivity contribution is 14.1. The van der Waals surface area contributed by atoms with Crippen LogP contribution in [0.5, 0.6) is 0 Å². The molecule has 64 valence electrons. The quantitative estimate of drug-likeness (QED) is 0.679. The zero-order valence-corrected chi connectivity index (χ0v) is 9.25. The molecule has 0 unspecified atom stereocenters. The lowest BCUT2D eigenvalue weighted by atomic mass is 9.98. The van der Waals surface area contributed by atoms with E-state index < -0.39 is 0 Å². The maximum Gasteiger partial charge on any atom is 0.0130 e. The lowest BCUT2D eigenvalue weighted by Gasteiger charge is -2.08. The Morgan fingerprint density at radius 1 is 1.00 bits per heavy atom. The zero-order chi connectivity index (χ0) is 8.39. The highest BCUT2D eigenvalue weighted by Crippen LogP contribution is 2.33. The minimum Gasteiger partial charge on any atom is -0.0577 e. The first-order valence-corrected chi connectivity index (χ1v) is 5.69. The normalized spacial score (nSPS) is 18.4. The predicted molar refractivity (Wildman–Crippen MR) is 60.4 cm³/mol. The second-order valence-corrected chi connectivity index (χ2v) is 4.78. The van der Waals surface area contributed by atoms with Crippen LogP contribution in [0.2, 0.25) is 0 Å². The molecular weight excluding hydrogens is 259 g/mol. The summed E-state index contributed by atoms with van der Waals surface area (Å²) in [4.78, 5) is 0. The highest BCUT2D eigenvalue weighted by Gasteiger charge is 2.16. The third-order valence-electron chi connectivity index (χ3n) is 2.70. The van der Waals surface area contributed by atoms with E-state index in [0.717, 1.165) is 5.92 Å². The van der Waals surface area contributed by atoms with Gasteiger partial charge < -0.3 is 0 Å². The smallest absolute Gasteiger partial charge is 0.0130 e. The Morgan fingerprint density at radius 2 is 1.58 bits per heavy atom. The average Bonchev–Trinajstić information content (AvgIpc) is 2.58. The molecule has 1 aromatic carbocycles. The fourth-order valence-corrected chi connectivity index (χ4v) is 2.35. The van der Waals surface area contributed by atoms with Crippen molar-refractivity contribution in [3.63, 3.8) is 0 Å². The van der Waals surface area contributed by atoms with Crippen molar-refractivity contribution in [2.24, 2.45) is 0 Å². The third kappa shape index (κ3) is 1.82. The van der Waals surface area contributed by atoms with Gasteiger partial charge in [-0.1, -0.05) is 25.0 Å². The van der Waals surface area contributed by atoms with E-state index in [-0.39, 0.29) is 0 Å². The summed E-state index contributed by atoms with van der Waals surface area (Å²) in [6.07, 6.45) is 5.66. The van der Waals surface area contributed by atoms with Crippen LogP contribution in [-0.2, 0) is 0 Å². The van der Waals surface area contributed by atoms with Crippen LogP contribution in [0.3, 0.4) is 0 Å². The molecule has 1 heteroatoms. The molecular formula is C11H13I. The summed E-state index contributed by atoms with van der Waals surface area (Å²) in [6, 6.07) is 9.01. The Kier molecular flexibility index (Phi) is 2.69. The van der Waals surface area contributed by atoms with E-state index in [4.69, 9.17) is 0 Å². The molecule has 1 aliphatic rings. The Balaban J connectivity index is 2.17. The first-order chi connectivity index (χ1) is 5.86. The van der Waals surface area contributed by atoms with Crippen molar-refractivity contribution in [2.45, 2.75) is 31.6 Å². The van der Waals surface area contributed by atoms with Crippen LogP contribution >= 0.6 is 22.6 Å². The summed E-state index contributed by atoms with van der Waals surface area (Å²) in [6.45, 7) is 0. The molecule has 0 N–H and O–H groups in total. The average molecular weight is 272 g/mol. The van der Waals surface area contributed by atoms with E-state index in [0.29, 0.717) is 0 Å². The fraction of sp³-hybridized carbons (Fsp3) is 0.455. The summed E-state index contributed by atoms with van der Waals surface area (Å²) in [5, 5.41) is 0. The third-order valence-corrected chi connectivity index (χ3v) is 3.42. The van der Waals surface area contributed by atoms with Gasteiger partial charge in [0, 0.05) is 3.57 Å². The minimum atomic E-state index is 0.863. The standard InChI is InChI=1S/C11H13I/c12-11-7-5-10(6-8-11)9-3-1-2-4-9/h5-9H,1-4H2. The highest BCUT2D eigenvalue weighted by atomic mass is 127. The molecule has 0 aromatic heterocycles. The molecule has 1 aliphatic carbocycles. The molecule has 0 amide bonds. The summed E-state index contributed by atoms with van der Waals surface area (Å²) >= 11 is 2.36. The van der Waals surface area contributed by atoms with Crippen molar-refractivity contribution >= 4 is 22.6 Å². The van der Waals surface area contributed by atoms with E-state index in [1.165, 1.54) is 29.3 Å². The van der Waals surface area contributed by atoms with Gasteiger partial charge in [-0.25, -0.2) is 0 Å². The van der Waals surface area contributed by atoms with Gasteiger partial charge in [0.05, 0.1) is 0 Å². The Hall–Kier alpha value is -0.0500. The SMILES string of the molecule is Ic1ccc(C2CCCC2)cc1. The van der Waals surface area contributed by atoms with E-state index in [1.807, 2.05) is 0 Å². The molecule has 1 aromatic rings. The van der Waals surface area contributed by atoms with Gasteiger partial charge in [0.25, 0.3) is 0 Å². The number of hydrogen-bond acceptors (Lipinski definition) is 0. The van der Waals surface area contributed by atoms with Gasteiger partial charge in [0.1, 0.15) is 0 Å². The van der Waals surface area contributed by atoms with Gasteiger partial charge in [-0.05, 0) is 59.0 Å². The van der Waals surface area contributed by atoms with E-state index >= 15 is 0 Å². The fourth-order valence-electron chi connectivity index (χ4n) is 1.99. The molecule has 12 heavy (non-hydrogen) atoms. The molecule has 2 rings (SSSR count). The van der Waals surface area contributed by atoms with Gasteiger partial charge in [-0.15, -0.1) is 0 Å². The number of benzene rings is 1.